The maximum absolute atomic E-state index is 6.14. The molecule has 0 saturated heterocycles. The number of rotatable bonds is 2. The van der Waals surface area contributed by atoms with E-state index in [1.807, 2.05) is 17.4 Å². The smallest absolute Gasteiger partial charge is 0.0614 e. The van der Waals surface area contributed by atoms with Crippen LogP contribution in [0, 0.1) is 0 Å². The van der Waals surface area contributed by atoms with Crippen molar-refractivity contribution in [3.05, 3.63) is 56.2 Å². The van der Waals surface area contributed by atoms with Crippen LogP contribution in [0.3, 0.4) is 0 Å². The second-order valence-electron chi connectivity index (χ2n) is 4.86. The average Bonchev–Trinajstić information content (AvgIpc) is 2.92. The minimum absolute atomic E-state index is 0.371. The van der Waals surface area contributed by atoms with Crippen LogP contribution >= 0.6 is 22.9 Å². The Kier molecular flexibility index (Phi) is 3.18. The Bertz CT molecular complexity index is 576. The van der Waals surface area contributed by atoms with Crippen molar-refractivity contribution in [1.82, 2.24) is 4.90 Å². The normalized spacial score (nSPS) is 19.2. The number of halogens is 1. The van der Waals surface area contributed by atoms with Crippen molar-refractivity contribution in [2.75, 3.05) is 7.05 Å². The Morgan fingerprint density at radius 3 is 2.94 bits per heavy atom. The van der Waals surface area contributed by atoms with Crippen LogP contribution in [0.4, 0.5) is 0 Å². The van der Waals surface area contributed by atoms with Crippen LogP contribution in [0.5, 0.6) is 0 Å². The molecule has 0 fully saturated rings. The van der Waals surface area contributed by atoms with Crippen LogP contribution in [-0.2, 0) is 13.0 Å². The Morgan fingerprint density at radius 2 is 2.22 bits per heavy atom. The van der Waals surface area contributed by atoms with Gasteiger partial charge >= 0.3 is 0 Å². The van der Waals surface area contributed by atoms with Gasteiger partial charge in [0.05, 0.1) is 6.04 Å². The molecule has 2 aromatic rings. The minimum atomic E-state index is 0.371. The fourth-order valence-electron chi connectivity index (χ4n) is 2.72. The van der Waals surface area contributed by atoms with Gasteiger partial charge in [-0.15, -0.1) is 11.3 Å². The molecule has 0 amide bonds. The van der Waals surface area contributed by atoms with Crippen molar-refractivity contribution < 1.29 is 0 Å². The van der Waals surface area contributed by atoms with Crippen LogP contribution < -0.4 is 0 Å². The zero-order valence-electron chi connectivity index (χ0n) is 10.6. The molecule has 0 aliphatic carbocycles. The van der Waals surface area contributed by atoms with Crippen molar-refractivity contribution in [2.24, 2.45) is 0 Å². The summed E-state index contributed by atoms with van der Waals surface area (Å²) in [6.07, 6.45) is 1.11. The number of aryl methyl sites for hydroxylation is 1. The number of fused-ring (bicyclic) bond motifs is 1. The predicted octanol–water partition coefficient (Wildman–Crippen LogP) is 4.50. The molecule has 18 heavy (non-hydrogen) atoms. The Balaban J connectivity index is 2.05. The summed E-state index contributed by atoms with van der Waals surface area (Å²) in [6.45, 7) is 3.22. The lowest BCUT2D eigenvalue weighted by molar-refractivity contribution is 0.304. The fourth-order valence-corrected chi connectivity index (χ4v) is 3.76. The van der Waals surface area contributed by atoms with E-state index in [1.54, 1.807) is 0 Å². The van der Waals surface area contributed by atoms with E-state index in [1.165, 1.54) is 21.6 Å². The Labute approximate surface area is 117 Å². The van der Waals surface area contributed by atoms with Crippen molar-refractivity contribution in [2.45, 2.75) is 25.9 Å². The van der Waals surface area contributed by atoms with Crippen LogP contribution in [0.25, 0.3) is 0 Å². The molecular formula is C15H16ClNS. The predicted molar refractivity (Wildman–Crippen MR) is 78.5 cm³/mol. The van der Waals surface area contributed by atoms with E-state index in [4.69, 9.17) is 11.6 Å². The molecule has 0 saturated carbocycles. The van der Waals surface area contributed by atoms with Gasteiger partial charge in [0.15, 0.2) is 0 Å². The second kappa shape index (κ2) is 4.69. The van der Waals surface area contributed by atoms with Gasteiger partial charge in [-0.1, -0.05) is 24.6 Å². The monoisotopic (exact) mass is 277 g/mol. The molecule has 1 aliphatic heterocycles. The van der Waals surface area contributed by atoms with E-state index in [0.717, 1.165) is 18.0 Å². The minimum Gasteiger partial charge on any atom is -0.291 e. The topological polar surface area (TPSA) is 3.24 Å². The van der Waals surface area contributed by atoms with Gasteiger partial charge in [0.25, 0.3) is 0 Å². The first kappa shape index (κ1) is 12.2. The molecule has 0 bridgehead atoms. The van der Waals surface area contributed by atoms with Gasteiger partial charge in [-0.2, -0.15) is 0 Å². The van der Waals surface area contributed by atoms with Crippen molar-refractivity contribution >= 4 is 22.9 Å². The Morgan fingerprint density at radius 1 is 1.39 bits per heavy atom. The first-order valence-electron chi connectivity index (χ1n) is 6.25. The summed E-state index contributed by atoms with van der Waals surface area (Å²) < 4.78 is 0. The number of thiophene rings is 1. The van der Waals surface area contributed by atoms with Gasteiger partial charge in [0, 0.05) is 16.4 Å². The molecule has 1 aliphatic rings. The summed E-state index contributed by atoms with van der Waals surface area (Å²) in [6, 6.07) is 8.97. The summed E-state index contributed by atoms with van der Waals surface area (Å²) in [4.78, 5) is 3.84. The van der Waals surface area contributed by atoms with Crippen LogP contribution in [0.15, 0.2) is 29.6 Å². The van der Waals surface area contributed by atoms with E-state index in [0.29, 0.717) is 6.04 Å². The lowest BCUT2D eigenvalue weighted by Crippen LogP contribution is -2.16. The lowest BCUT2D eigenvalue weighted by atomic mass is 10.00. The molecule has 0 N–H and O–H groups in total. The Hall–Kier alpha value is -0.830. The van der Waals surface area contributed by atoms with E-state index >= 15 is 0 Å². The maximum atomic E-state index is 6.14. The maximum Gasteiger partial charge on any atom is 0.0614 e. The first-order valence-corrected chi connectivity index (χ1v) is 7.50. The van der Waals surface area contributed by atoms with Crippen LogP contribution in [0.2, 0.25) is 5.02 Å². The summed E-state index contributed by atoms with van der Waals surface area (Å²) in [5.74, 6) is 0. The molecule has 3 heteroatoms. The largest absolute Gasteiger partial charge is 0.291 e. The van der Waals surface area contributed by atoms with Gasteiger partial charge in [0.2, 0.25) is 0 Å². The number of hydrogen-bond donors (Lipinski definition) is 0. The summed E-state index contributed by atoms with van der Waals surface area (Å²) in [5.41, 5.74) is 4.17. The van der Waals surface area contributed by atoms with Gasteiger partial charge < -0.3 is 0 Å². The molecule has 0 spiro atoms. The molecular weight excluding hydrogens is 262 g/mol. The molecule has 1 aromatic heterocycles. The highest BCUT2D eigenvalue weighted by Crippen LogP contribution is 2.39. The van der Waals surface area contributed by atoms with E-state index < -0.39 is 0 Å². The third kappa shape index (κ3) is 1.99. The molecule has 1 nitrogen and oxygen atoms in total. The number of benzene rings is 1. The SMILES string of the molecule is CCc1cc(C2c3cc(Cl)ccc3CN2C)cs1. The molecule has 1 unspecified atom stereocenters. The highest BCUT2D eigenvalue weighted by Gasteiger charge is 2.29. The summed E-state index contributed by atoms with van der Waals surface area (Å²) in [7, 11) is 2.18. The summed E-state index contributed by atoms with van der Waals surface area (Å²) in [5, 5.41) is 3.12. The molecule has 94 valence electrons. The number of hydrogen-bond acceptors (Lipinski definition) is 2. The first-order chi connectivity index (χ1) is 8.69. The van der Waals surface area contributed by atoms with Crippen molar-refractivity contribution in [3.63, 3.8) is 0 Å². The highest BCUT2D eigenvalue weighted by molar-refractivity contribution is 7.10. The number of nitrogens with zero attached hydrogens (tertiary/aromatic N) is 1. The standard InChI is InChI=1S/C15H16ClNS/c1-3-13-6-11(9-18-13)15-14-7-12(16)5-4-10(14)8-17(15)2/h4-7,9,15H,3,8H2,1-2H3. The van der Waals surface area contributed by atoms with Gasteiger partial charge in [0.1, 0.15) is 0 Å². The highest BCUT2D eigenvalue weighted by atomic mass is 35.5. The molecule has 2 heterocycles. The average molecular weight is 278 g/mol. The zero-order chi connectivity index (χ0) is 12.7. The third-order valence-corrected chi connectivity index (χ3v) is 4.94. The van der Waals surface area contributed by atoms with Gasteiger partial charge in [-0.3, -0.25) is 4.90 Å². The van der Waals surface area contributed by atoms with E-state index in [-0.39, 0.29) is 0 Å². The quantitative estimate of drug-likeness (QED) is 0.781. The molecule has 1 aromatic carbocycles. The molecule has 1 atom stereocenters. The van der Waals surface area contributed by atoms with Gasteiger partial charge in [-0.25, -0.2) is 0 Å². The van der Waals surface area contributed by atoms with Crippen LogP contribution in [0.1, 0.15) is 34.5 Å². The second-order valence-corrected chi connectivity index (χ2v) is 6.29. The third-order valence-electron chi connectivity index (χ3n) is 3.60. The lowest BCUT2D eigenvalue weighted by Gasteiger charge is -2.19. The van der Waals surface area contributed by atoms with Crippen molar-refractivity contribution in [1.29, 1.82) is 0 Å². The molecule has 3 rings (SSSR count). The van der Waals surface area contributed by atoms with Crippen molar-refractivity contribution in [3.8, 4) is 0 Å². The summed E-state index contributed by atoms with van der Waals surface area (Å²) >= 11 is 8.00. The van der Waals surface area contributed by atoms with E-state index in [2.05, 4.69) is 42.5 Å². The zero-order valence-corrected chi connectivity index (χ0v) is 12.2. The molecule has 0 radical (unpaired) electrons. The van der Waals surface area contributed by atoms with Crippen LogP contribution in [-0.4, -0.2) is 11.9 Å². The van der Waals surface area contributed by atoms with E-state index in [9.17, 15) is 0 Å². The fraction of sp³-hybridized carbons (Fsp3) is 0.333. The van der Waals surface area contributed by atoms with Gasteiger partial charge in [-0.05, 0) is 53.7 Å².